The van der Waals surface area contributed by atoms with E-state index >= 15 is 0 Å². The molecule has 4 heteroatoms. The summed E-state index contributed by atoms with van der Waals surface area (Å²) in [5, 5.41) is 0.145. The zero-order valence-electron chi connectivity index (χ0n) is 10.0. The van der Waals surface area contributed by atoms with E-state index < -0.39 is 0 Å². The Morgan fingerprint density at radius 2 is 1.89 bits per heavy atom. The lowest BCUT2D eigenvalue weighted by Crippen LogP contribution is -2.06. The smallest absolute Gasteiger partial charge is 0.142 e. The van der Waals surface area contributed by atoms with E-state index in [9.17, 15) is 4.39 Å². The molecule has 1 unspecified atom stereocenters. The van der Waals surface area contributed by atoms with Crippen molar-refractivity contribution in [3.05, 3.63) is 68.9 Å². The zero-order chi connectivity index (χ0) is 13.8. The Hall–Kier alpha value is -0.570. The molecule has 19 heavy (non-hydrogen) atoms. The first kappa shape index (κ1) is 14.8. The lowest BCUT2D eigenvalue weighted by Gasteiger charge is -2.16. The Morgan fingerprint density at radius 1 is 1.16 bits per heavy atom. The van der Waals surface area contributed by atoms with E-state index in [-0.39, 0.29) is 16.8 Å². The molecule has 0 N–H and O–H groups in total. The van der Waals surface area contributed by atoms with Crippen molar-refractivity contribution in [3.63, 3.8) is 0 Å². The Morgan fingerprint density at radius 3 is 2.53 bits per heavy atom. The van der Waals surface area contributed by atoms with Crippen LogP contribution in [0, 0.1) is 5.82 Å². The lowest BCUT2D eigenvalue weighted by atomic mass is 9.93. The van der Waals surface area contributed by atoms with Gasteiger partial charge in [0.05, 0.1) is 5.02 Å². The first-order valence-electron chi connectivity index (χ1n) is 5.86. The minimum atomic E-state index is -0.389. The molecule has 100 valence electrons. The molecule has 0 aromatic heterocycles. The molecular weight excluding hydrogens is 350 g/mol. The minimum Gasteiger partial charge on any atom is -0.205 e. The van der Waals surface area contributed by atoms with Crippen LogP contribution in [0.5, 0.6) is 0 Å². The summed E-state index contributed by atoms with van der Waals surface area (Å²) in [7, 11) is 0. The normalized spacial score (nSPS) is 12.4. The summed E-state index contributed by atoms with van der Waals surface area (Å²) < 4.78 is 14.5. The molecule has 2 aromatic carbocycles. The first-order chi connectivity index (χ1) is 9.11. The van der Waals surface area contributed by atoms with Gasteiger partial charge in [-0.3, -0.25) is 0 Å². The third-order valence-corrected chi connectivity index (χ3v) is 4.40. The van der Waals surface area contributed by atoms with Crippen LogP contribution in [0.2, 0.25) is 5.02 Å². The molecule has 0 fully saturated rings. The fourth-order valence-corrected chi connectivity index (χ4v) is 3.01. The summed E-state index contributed by atoms with van der Waals surface area (Å²) in [6.07, 6.45) is 0.681. The highest BCUT2D eigenvalue weighted by Crippen LogP contribution is 2.29. The number of benzene rings is 2. The van der Waals surface area contributed by atoms with Crippen molar-refractivity contribution in [2.45, 2.75) is 12.3 Å². The predicted molar refractivity (Wildman–Crippen MR) is 82.7 cm³/mol. The standard InChI is InChI=1S/C15H12BrCl2F/c16-13-4-2-1-3-12(13)11(9-17)7-10-5-6-14(18)15(19)8-10/h1-6,8,11H,7,9H2. The summed E-state index contributed by atoms with van der Waals surface area (Å²) >= 11 is 15.3. The Labute approximate surface area is 130 Å². The molecule has 0 radical (unpaired) electrons. The molecule has 0 saturated carbocycles. The van der Waals surface area contributed by atoms with Crippen molar-refractivity contribution in [2.24, 2.45) is 0 Å². The van der Waals surface area contributed by atoms with Crippen LogP contribution >= 0.6 is 39.1 Å². The molecular formula is C15H12BrCl2F. The number of hydrogen-bond donors (Lipinski definition) is 0. The van der Waals surface area contributed by atoms with Gasteiger partial charge in [-0.1, -0.05) is 51.8 Å². The molecule has 0 spiro atoms. The third-order valence-electron chi connectivity index (χ3n) is 3.00. The van der Waals surface area contributed by atoms with Crippen molar-refractivity contribution in [1.29, 1.82) is 0 Å². The highest BCUT2D eigenvalue weighted by molar-refractivity contribution is 9.10. The average molecular weight is 362 g/mol. The largest absolute Gasteiger partial charge is 0.205 e. The molecule has 0 aliphatic rings. The summed E-state index contributed by atoms with van der Waals surface area (Å²) in [4.78, 5) is 0. The molecule has 2 aromatic rings. The third kappa shape index (κ3) is 3.71. The van der Waals surface area contributed by atoms with E-state index in [0.717, 1.165) is 15.6 Å². The van der Waals surface area contributed by atoms with Crippen molar-refractivity contribution >= 4 is 39.1 Å². The topological polar surface area (TPSA) is 0 Å². The van der Waals surface area contributed by atoms with Gasteiger partial charge in [0.1, 0.15) is 5.82 Å². The van der Waals surface area contributed by atoms with Crippen LogP contribution in [0.3, 0.4) is 0 Å². The maximum atomic E-state index is 13.4. The molecule has 0 saturated heterocycles. The quantitative estimate of drug-likeness (QED) is 0.603. The summed E-state index contributed by atoms with van der Waals surface area (Å²) in [5.74, 6) is 0.227. The van der Waals surface area contributed by atoms with E-state index in [1.165, 1.54) is 6.07 Å². The van der Waals surface area contributed by atoms with Gasteiger partial charge < -0.3 is 0 Å². The zero-order valence-corrected chi connectivity index (χ0v) is 13.1. The fourth-order valence-electron chi connectivity index (χ4n) is 2.00. The number of hydrogen-bond acceptors (Lipinski definition) is 0. The second kappa shape index (κ2) is 6.74. The number of alkyl halides is 1. The van der Waals surface area contributed by atoms with Gasteiger partial charge in [0.25, 0.3) is 0 Å². The van der Waals surface area contributed by atoms with Crippen LogP contribution in [0.25, 0.3) is 0 Å². The van der Waals surface area contributed by atoms with E-state index in [1.807, 2.05) is 30.3 Å². The highest BCUT2D eigenvalue weighted by Gasteiger charge is 2.14. The van der Waals surface area contributed by atoms with Gasteiger partial charge >= 0.3 is 0 Å². The van der Waals surface area contributed by atoms with Gasteiger partial charge in [0, 0.05) is 16.3 Å². The van der Waals surface area contributed by atoms with Crippen molar-refractivity contribution < 1.29 is 4.39 Å². The Kier molecular flexibility index (Phi) is 5.26. The second-order valence-electron chi connectivity index (χ2n) is 4.33. The van der Waals surface area contributed by atoms with Crippen LogP contribution < -0.4 is 0 Å². The molecule has 0 amide bonds. The van der Waals surface area contributed by atoms with Gasteiger partial charge in [-0.25, -0.2) is 4.39 Å². The van der Waals surface area contributed by atoms with Gasteiger partial charge in [-0.05, 0) is 35.7 Å². The highest BCUT2D eigenvalue weighted by atomic mass is 79.9. The second-order valence-corrected chi connectivity index (χ2v) is 5.90. The molecule has 0 aliphatic carbocycles. The Bertz CT molecular complexity index is 572. The number of halogens is 4. The molecule has 0 bridgehead atoms. The van der Waals surface area contributed by atoms with Crippen LogP contribution in [-0.2, 0) is 6.42 Å². The van der Waals surface area contributed by atoms with E-state index in [0.29, 0.717) is 12.3 Å². The monoisotopic (exact) mass is 360 g/mol. The summed E-state index contributed by atoms with van der Waals surface area (Å²) in [5.41, 5.74) is 2.02. The van der Waals surface area contributed by atoms with Crippen LogP contribution in [0.1, 0.15) is 17.0 Å². The fraction of sp³-hybridized carbons (Fsp3) is 0.200. The van der Waals surface area contributed by atoms with Crippen LogP contribution in [0.15, 0.2) is 46.9 Å². The van der Waals surface area contributed by atoms with Crippen LogP contribution in [0.4, 0.5) is 4.39 Å². The predicted octanol–water partition coefficient (Wildman–Crippen LogP) is 5.81. The van der Waals surface area contributed by atoms with Crippen molar-refractivity contribution in [3.8, 4) is 0 Å². The molecule has 0 nitrogen and oxygen atoms in total. The van der Waals surface area contributed by atoms with E-state index in [2.05, 4.69) is 15.9 Å². The molecule has 0 heterocycles. The van der Waals surface area contributed by atoms with Crippen LogP contribution in [-0.4, -0.2) is 5.88 Å². The minimum absolute atomic E-state index is 0.137. The summed E-state index contributed by atoms with van der Waals surface area (Å²) in [6, 6.07) is 12.8. The number of rotatable bonds is 4. The first-order valence-corrected chi connectivity index (χ1v) is 7.56. The van der Waals surface area contributed by atoms with Gasteiger partial charge in [0.15, 0.2) is 0 Å². The summed E-state index contributed by atoms with van der Waals surface area (Å²) in [6.45, 7) is 0. The van der Waals surface area contributed by atoms with Gasteiger partial charge in [-0.15, -0.1) is 11.6 Å². The maximum absolute atomic E-state index is 13.4. The SMILES string of the molecule is Fc1cc(CC(CCl)c2ccccc2Br)ccc1Cl. The lowest BCUT2D eigenvalue weighted by molar-refractivity contribution is 0.623. The molecule has 2 rings (SSSR count). The maximum Gasteiger partial charge on any atom is 0.142 e. The Balaban J connectivity index is 2.24. The average Bonchev–Trinajstić information content (AvgIpc) is 2.41. The van der Waals surface area contributed by atoms with E-state index in [1.54, 1.807) is 6.07 Å². The van der Waals surface area contributed by atoms with Crippen molar-refractivity contribution in [1.82, 2.24) is 0 Å². The molecule has 0 aliphatic heterocycles. The van der Waals surface area contributed by atoms with E-state index in [4.69, 9.17) is 23.2 Å². The van der Waals surface area contributed by atoms with Crippen molar-refractivity contribution in [2.75, 3.05) is 5.88 Å². The van der Waals surface area contributed by atoms with Gasteiger partial charge in [0.2, 0.25) is 0 Å². The van der Waals surface area contributed by atoms with Gasteiger partial charge in [-0.2, -0.15) is 0 Å². The molecule has 1 atom stereocenters.